The van der Waals surface area contributed by atoms with E-state index in [1.54, 1.807) is 51.1 Å². The number of carbonyl (C=O) groups is 3. The van der Waals surface area contributed by atoms with Crippen LogP contribution in [-0.2, 0) is 14.3 Å². The first-order valence-electron chi connectivity index (χ1n) is 6.88. The number of hydrogen-bond acceptors (Lipinski definition) is 5. The SMILES string of the molecule is CC(C)(C)OC(=O)CN1C(=O)S/C(=C/c2ccc(Cl)cc2)C1=O. The van der Waals surface area contributed by atoms with Crippen LogP contribution in [0.1, 0.15) is 26.3 Å². The summed E-state index contributed by atoms with van der Waals surface area (Å²) in [7, 11) is 0. The highest BCUT2D eigenvalue weighted by Gasteiger charge is 2.37. The molecule has 1 saturated heterocycles. The number of esters is 1. The summed E-state index contributed by atoms with van der Waals surface area (Å²) in [5.74, 6) is -1.12. The topological polar surface area (TPSA) is 63.7 Å². The van der Waals surface area contributed by atoms with Crippen LogP contribution in [0, 0.1) is 0 Å². The van der Waals surface area contributed by atoms with E-state index in [2.05, 4.69) is 0 Å². The van der Waals surface area contributed by atoms with Gasteiger partial charge in [0, 0.05) is 5.02 Å². The van der Waals surface area contributed by atoms with Gasteiger partial charge in [0.2, 0.25) is 0 Å². The van der Waals surface area contributed by atoms with Crippen LogP contribution in [0.2, 0.25) is 5.02 Å². The van der Waals surface area contributed by atoms with Gasteiger partial charge in [-0.1, -0.05) is 23.7 Å². The summed E-state index contributed by atoms with van der Waals surface area (Å²) >= 11 is 6.61. The van der Waals surface area contributed by atoms with Gasteiger partial charge in [0.05, 0.1) is 4.91 Å². The standard InChI is InChI=1S/C16H16ClNO4S/c1-16(2,3)22-13(19)9-18-14(20)12(23-15(18)21)8-10-4-6-11(17)7-5-10/h4-8H,9H2,1-3H3/b12-8+. The third-order valence-electron chi connectivity index (χ3n) is 2.75. The number of hydrogen-bond donors (Lipinski definition) is 0. The first kappa shape index (κ1) is 17.6. The average molecular weight is 354 g/mol. The Balaban J connectivity index is 2.10. The molecule has 0 unspecified atom stereocenters. The molecule has 2 rings (SSSR count). The molecule has 1 aliphatic rings. The summed E-state index contributed by atoms with van der Waals surface area (Å²) < 4.78 is 5.13. The summed E-state index contributed by atoms with van der Waals surface area (Å²) in [6, 6.07) is 6.87. The Morgan fingerprint density at radius 2 is 1.87 bits per heavy atom. The van der Waals surface area contributed by atoms with Gasteiger partial charge in [0.25, 0.3) is 11.1 Å². The second-order valence-electron chi connectivity index (χ2n) is 5.91. The number of amides is 2. The Kier molecular flexibility index (Phi) is 5.16. The monoisotopic (exact) mass is 353 g/mol. The number of nitrogens with zero attached hydrogens (tertiary/aromatic N) is 1. The highest BCUT2D eigenvalue weighted by atomic mass is 35.5. The zero-order valence-corrected chi connectivity index (χ0v) is 14.5. The van der Waals surface area contributed by atoms with E-state index >= 15 is 0 Å². The molecule has 122 valence electrons. The van der Waals surface area contributed by atoms with Crippen LogP contribution in [0.25, 0.3) is 6.08 Å². The van der Waals surface area contributed by atoms with Crippen molar-refractivity contribution in [2.75, 3.05) is 6.54 Å². The third kappa shape index (κ3) is 4.84. The minimum Gasteiger partial charge on any atom is -0.459 e. The van der Waals surface area contributed by atoms with Crippen molar-refractivity contribution < 1.29 is 19.1 Å². The molecular weight excluding hydrogens is 338 g/mol. The Bertz CT molecular complexity index is 676. The maximum atomic E-state index is 12.3. The molecule has 0 spiro atoms. The van der Waals surface area contributed by atoms with Gasteiger partial charge in [-0.15, -0.1) is 0 Å². The lowest BCUT2D eigenvalue weighted by atomic mass is 10.2. The van der Waals surface area contributed by atoms with Gasteiger partial charge in [-0.05, 0) is 56.3 Å². The van der Waals surface area contributed by atoms with Crippen molar-refractivity contribution in [3.05, 3.63) is 39.8 Å². The molecule has 23 heavy (non-hydrogen) atoms. The number of thioether (sulfide) groups is 1. The van der Waals surface area contributed by atoms with Gasteiger partial charge in [0.15, 0.2) is 0 Å². The second-order valence-corrected chi connectivity index (χ2v) is 7.34. The molecule has 5 nitrogen and oxygen atoms in total. The fourth-order valence-corrected chi connectivity index (χ4v) is 2.81. The summed E-state index contributed by atoms with van der Waals surface area (Å²) in [6.07, 6.45) is 1.59. The Hall–Kier alpha value is -1.79. The number of rotatable bonds is 3. The van der Waals surface area contributed by atoms with Crippen LogP contribution in [0.15, 0.2) is 29.2 Å². The van der Waals surface area contributed by atoms with E-state index in [0.29, 0.717) is 5.02 Å². The number of imide groups is 1. The molecule has 0 atom stereocenters. The van der Waals surface area contributed by atoms with E-state index in [1.165, 1.54) is 0 Å². The molecule has 7 heteroatoms. The van der Waals surface area contributed by atoms with Crippen molar-refractivity contribution in [1.29, 1.82) is 0 Å². The van der Waals surface area contributed by atoms with Crippen LogP contribution < -0.4 is 0 Å². The third-order valence-corrected chi connectivity index (χ3v) is 3.91. The molecular formula is C16H16ClNO4S. The fraction of sp³-hybridized carbons (Fsp3) is 0.312. The maximum absolute atomic E-state index is 12.3. The first-order valence-corrected chi connectivity index (χ1v) is 8.08. The van der Waals surface area contributed by atoms with E-state index in [1.807, 2.05) is 0 Å². The molecule has 0 aliphatic carbocycles. The van der Waals surface area contributed by atoms with E-state index in [-0.39, 0.29) is 11.4 Å². The Morgan fingerprint density at radius 3 is 2.43 bits per heavy atom. The van der Waals surface area contributed by atoms with Gasteiger partial charge in [-0.3, -0.25) is 19.3 Å². The van der Waals surface area contributed by atoms with E-state index in [0.717, 1.165) is 22.2 Å². The van der Waals surface area contributed by atoms with Crippen molar-refractivity contribution in [3.63, 3.8) is 0 Å². The number of benzene rings is 1. The molecule has 1 heterocycles. The van der Waals surface area contributed by atoms with E-state index in [4.69, 9.17) is 16.3 Å². The fourth-order valence-electron chi connectivity index (χ4n) is 1.85. The molecule has 0 saturated carbocycles. The molecule has 1 aromatic carbocycles. The predicted molar refractivity (Wildman–Crippen MR) is 90.0 cm³/mol. The molecule has 1 fully saturated rings. The lowest BCUT2D eigenvalue weighted by Crippen LogP contribution is -2.37. The highest BCUT2D eigenvalue weighted by Crippen LogP contribution is 2.32. The van der Waals surface area contributed by atoms with Crippen LogP contribution in [-0.4, -0.2) is 34.2 Å². The minimum atomic E-state index is -0.669. The summed E-state index contributed by atoms with van der Waals surface area (Å²) in [5, 5.41) is 0.0984. The van der Waals surface area contributed by atoms with Crippen LogP contribution in [0.3, 0.4) is 0 Å². The van der Waals surface area contributed by atoms with Crippen LogP contribution >= 0.6 is 23.4 Å². The summed E-state index contributed by atoms with van der Waals surface area (Å²) in [5.41, 5.74) is 0.0787. The predicted octanol–water partition coefficient (Wildman–Crippen LogP) is 3.72. The Labute approximate surface area is 143 Å². The zero-order valence-electron chi connectivity index (χ0n) is 13.0. The number of halogens is 1. The maximum Gasteiger partial charge on any atom is 0.326 e. The van der Waals surface area contributed by atoms with Crippen molar-refractivity contribution in [1.82, 2.24) is 4.90 Å². The number of ether oxygens (including phenoxy) is 1. The molecule has 1 aliphatic heterocycles. The molecule has 0 N–H and O–H groups in total. The average Bonchev–Trinajstić information content (AvgIpc) is 2.67. The van der Waals surface area contributed by atoms with E-state index in [9.17, 15) is 14.4 Å². The van der Waals surface area contributed by atoms with Crippen LogP contribution in [0.4, 0.5) is 4.79 Å². The van der Waals surface area contributed by atoms with Crippen molar-refractivity contribution in [2.24, 2.45) is 0 Å². The molecule has 0 bridgehead atoms. The van der Waals surface area contributed by atoms with Crippen LogP contribution in [0.5, 0.6) is 0 Å². The largest absolute Gasteiger partial charge is 0.459 e. The second kappa shape index (κ2) is 6.76. The molecule has 1 aromatic rings. The van der Waals surface area contributed by atoms with Crippen molar-refractivity contribution in [2.45, 2.75) is 26.4 Å². The molecule has 0 aromatic heterocycles. The normalized spacial score (nSPS) is 17.0. The van der Waals surface area contributed by atoms with Gasteiger partial charge < -0.3 is 4.74 Å². The van der Waals surface area contributed by atoms with Gasteiger partial charge in [0.1, 0.15) is 12.1 Å². The Morgan fingerprint density at radius 1 is 1.26 bits per heavy atom. The number of carbonyl (C=O) groups excluding carboxylic acids is 3. The van der Waals surface area contributed by atoms with E-state index < -0.39 is 22.7 Å². The first-order chi connectivity index (χ1) is 10.7. The minimum absolute atomic E-state index is 0.265. The van der Waals surface area contributed by atoms with Crippen molar-refractivity contribution >= 4 is 46.6 Å². The quantitative estimate of drug-likeness (QED) is 0.612. The smallest absolute Gasteiger partial charge is 0.326 e. The highest BCUT2D eigenvalue weighted by molar-refractivity contribution is 8.18. The van der Waals surface area contributed by atoms with Gasteiger partial charge in [-0.2, -0.15) is 0 Å². The summed E-state index contributed by atoms with van der Waals surface area (Å²) in [6.45, 7) is 4.78. The van der Waals surface area contributed by atoms with Gasteiger partial charge in [-0.25, -0.2) is 0 Å². The lowest BCUT2D eigenvalue weighted by molar-refractivity contribution is -0.156. The molecule has 2 amide bonds. The lowest BCUT2D eigenvalue weighted by Gasteiger charge is -2.21. The van der Waals surface area contributed by atoms with Crippen molar-refractivity contribution in [3.8, 4) is 0 Å². The summed E-state index contributed by atoms with van der Waals surface area (Å²) in [4.78, 5) is 37.2. The van der Waals surface area contributed by atoms with Gasteiger partial charge >= 0.3 is 5.97 Å². The molecule has 0 radical (unpaired) electrons. The zero-order chi connectivity index (χ0) is 17.2.